The second-order valence-electron chi connectivity index (χ2n) is 8.55. The molecule has 1 aliphatic rings. The van der Waals surface area contributed by atoms with Crippen LogP contribution in [0.2, 0.25) is 0 Å². The average molecular weight is 437 g/mol. The Hall–Kier alpha value is -2.80. The highest BCUT2D eigenvalue weighted by molar-refractivity contribution is 7.93. The fourth-order valence-electron chi connectivity index (χ4n) is 4.34. The topological polar surface area (TPSA) is 71.0 Å². The molecule has 1 saturated heterocycles. The largest absolute Gasteiger partial charge is 0.278 e. The molecule has 0 spiro atoms. The molecule has 4 aromatic rings. The summed E-state index contributed by atoms with van der Waals surface area (Å²) in [6.45, 7) is 4.17. The molecule has 0 saturated carbocycles. The highest BCUT2D eigenvalue weighted by Gasteiger charge is 2.21. The number of aromatic nitrogens is 3. The number of rotatable bonds is 3. The molecule has 2 aromatic carbocycles. The van der Waals surface area contributed by atoms with Crippen molar-refractivity contribution in [2.45, 2.75) is 39.0 Å². The van der Waals surface area contributed by atoms with E-state index in [-0.39, 0.29) is 11.7 Å². The van der Waals surface area contributed by atoms with E-state index >= 15 is 0 Å². The Balaban J connectivity index is 1.88. The minimum atomic E-state index is -2.31. The number of aromatic amines is 1. The van der Waals surface area contributed by atoms with Crippen LogP contribution in [-0.4, -0.2) is 30.9 Å². The fourth-order valence-corrected chi connectivity index (χ4v) is 6.49. The summed E-state index contributed by atoms with van der Waals surface area (Å²) in [5, 5.41) is 9.98. The van der Waals surface area contributed by atoms with Gasteiger partial charge in [-0.05, 0) is 54.0 Å². The van der Waals surface area contributed by atoms with Gasteiger partial charge in [0.15, 0.2) is 5.82 Å². The Kier molecular flexibility index (Phi) is 5.01. The minimum Gasteiger partial charge on any atom is -0.278 e. The van der Waals surface area contributed by atoms with Crippen molar-refractivity contribution in [2.75, 3.05) is 11.5 Å². The fraction of sp³-hybridized carbons (Fsp3) is 0.333. The lowest BCUT2D eigenvalue weighted by molar-refractivity contribution is 0.628. The average Bonchev–Trinajstić information content (AvgIpc) is 3.21. The lowest BCUT2D eigenvalue weighted by atomic mass is 9.92. The van der Waals surface area contributed by atoms with Gasteiger partial charge in [-0.2, -0.15) is 9.46 Å². The molecule has 0 unspecified atom stereocenters. The van der Waals surface area contributed by atoms with Crippen LogP contribution in [0.25, 0.3) is 32.8 Å². The number of benzene rings is 2. The van der Waals surface area contributed by atoms with Crippen molar-refractivity contribution in [3.05, 3.63) is 54.1 Å². The lowest BCUT2D eigenvalue weighted by Crippen LogP contribution is -2.16. The molecule has 2 aromatic heterocycles. The molecular weight excluding hydrogens is 411 g/mol. The maximum atomic E-state index is 13.6. The predicted octanol–water partition coefficient (Wildman–Crippen LogP) is 6.32. The number of fused-ring (bicyclic) bond motifs is 2. The molecule has 0 amide bonds. The summed E-state index contributed by atoms with van der Waals surface area (Å²) in [4.78, 5) is 4.96. The van der Waals surface area contributed by atoms with Gasteiger partial charge in [-0.25, -0.2) is 13.6 Å². The van der Waals surface area contributed by atoms with E-state index in [0.29, 0.717) is 17.3 Å². The normalized spacial score (nSPS) is 16.3. The molecular formula is C24H25FN4OS. The Morgan fingerprint density at radius 1 is 1.06 bits per heavy atom. The van der Waals surface area contributed by atoms with E-state index < -0.39 is 9.73 Å². The molecule has 0 radical (unpaired) electrons. The maximum absolute atomic E-state index is 13.6. The van der Waals surface area contributed by atoms with Gasteiger partial charge in [0.2, 0.25) is 0 Å². The second kappa shape index (κ2) is 7.71. The molecule has 1 fully saturated rings. The van der Waals surface area contributed by atoms with Crippen LogP contribution < -0.4 is 0 Å². The van der Waals surface area contributed by atoms with Crippen LogP contribution in [0.1, 0.15) is 44.7 Å². The van der Waals surface area contributed by atoms with Gasteiger partial charge in [0.1, 0.15) is 5.82 Å². The van der Waals surface area contributed by atoms with Gasteiger partial charge in [-0.3, -0.25) is 5.10 Å². The Bertz CT molecular complexity index is 1390. The van der Waals surface area contributed by atoms with E-state index in [1.165, 1.54) is 12.1 Å². The van der Waals surface area contributed by atoms with E-state index in [1.54, 1.807) is 18.3 Å². The molecule has 0 aliphatic carbocycles. The van der Waals surface area contributed by atoms with E-state index in [1.807, 2.05) is 6.07 Å². The van der Waals surface area contributed by atoms with Gasteiger partial charge in [0, 0.05) is 27.8 Å². The van der Waals surface area contributed by atoms with Crippen molar-refractivity contribution in [3.8, 4) is 11.1 Å². The van der Waals surface area contributed by atoms with Crippen LogP contribution >= 0.6 is 0 Å². The second-order valence-corrected chi connectivity index (χ2v) is 11.1. The smallest absolute Gasteiger partial charge is 0.169 e. The number of pyridine rings is 1. The quantitative estimate of drug-likeness (QED) is 0.408. The summed E-state index contributed by atoms with van der Waals surface area (Å²) in [7, 11) is -2.31. The first-order valence-electron chi connectivity index (χ1n) is 10.7. The van der Waals surface area contributed by atoms with E-state index in [9.17, 15) is 8.60 Å². The van der Waals surface area contributed by atoms with Crippen molar-refractivity contribution >= 4 is 37.2 Å². The number of halogens is 1. The highest BCUT2D eigenvalue weighted by Crippen LogP contribution is 2.40. The van der Waals surface area contributed by atoms with Crippen LogP contribution in [0, 0.1) is 5.82 Å². The van der Waals surface area contributed by atoms with Crippen molar-refractivity contribution in [1.82, 2.24) is 15.2 Å². The summed E-state index contributed by atoms with van der Waals surface area (Å²) in [6, 6.07) is 10.6. The summed E-state index contributed by atoms with van der Waals surface area (Å²) in [5.74, 6) is 1.62. The van der Waals surface area contributed by atoms with Crippen molar-refractivity contribution in [2.24, 2.45) is 4.36 Å². The monoisotopic (exact) mass is 436 g/mol. The molecule has 3 heterocycles. The summed E-state index contributed by atoms with van der Waals surface area (Å²) < 4.78 is 31.9. The lowest BCUT2D eigenvalue weighted by Gasteiger charge is -2.19. The molecule has 7 heteroatoms. The van der Waals surface area contributed by atoms with Gasteiger partial charge in [0.05, 0.1) is 27.1 Å². The third-order valence-electron chi connectivity index (χ3n) is 5.93. The number of nitrogens with zero attached hydrogens (tertiary/aromatic N) is 3. The third-order valence-corrected chi connectivity index (χ3v) is 8.29. The van der Waals surface area contributed by atoms with Crippen molar-refractivity contribution < 1.29 is 8.60 Å². The molecule has 1 N–H and O–H groups in total. The third kappa shape index (κ3) is 3.71. The van der Waals surface area contributed by atoms with Gasteiger partial charge in [-0.1, -0.05) is 32.4 Å². The highest BCUT2D eigenvalue weighted by atomic mass is 32.2. The summed E-state index contributed by atoms with van der Waals surface area (Å²) in [6.07, 6.45) is 4.78. The van der Waals surface area contributed by atoms with Gasteiger partial charge in [0.25, 0.3) is 0 Å². The van der Waals surface area contributed by atoms with Crippen molar-refractivity contribution in [1.29, 1.82) is 0 Å². The van der Waals surface area contributed by atoms with Crippen LogP contribution in [-0.2, 0) is 9.73 Å². The number of hydrogen-bond acceptors (Lipinski definition) is 4. The van der Waals surface area contributed by atoms with E-state index in [0.717, 1.165) is 57.8 Å². The standard InChI is InChI=1S/C24H25FN4OS/c1-15(2)23-22(16-6-8-18(25)9-7-16)19-12-17-14-26-28-21(17)13-20(19)24(27-23)29-31(30)10-4-3-5-11-31/h6-9,12-15H,3-5,10-11H2,1-2H3,(H,26,28). The van der Waals surface area contributed by atoms with E-state index in [4.69, 9.17) is 9.35 Å². The van der Waals surface area contributed by atoms with Gasteiger partial charge < -0.3 is 0 Å². The van der Waals surface area contributed by atoms with Crippen LogP contribution in [0.4, 0.5) is 10.2 Å². The number of H-pyrrole nitrogens is 1. The van der Waals surface area contributed by atoms with E-state index in [2.05, 4.69) is 30.1 Å². The van der Waals surface area contributed by atoms with Gasteiger partial charge >= 0.3 is 0 Å². The van der Waals surface area contributed by atoms with Crippen LogP contribution in [0.3, 0.4) is 0 Å². The minimum absolute atomic E-state index is 0.113. The zero-order valence-corrected chi connectivity index (χ0v) is 18.5. The molecule has 160 valence electrons. The van der Waals surface area contributed by atoms with Gasteiger partial charge in [-0.15, -0.1) is 0 Å². The zero-order valence-electron chi connectivity index (χ0n) is 17.7. The summed E-state index contributed by atoms with van der Waals surface area (Å²) in [5.41, 5.74) is 3.62. The molecule has 0 atom stereocenters. The molecule has 0 bridgehead atoms. The zero-order chi connectivity index (χ0) is 21.6. The number of nitrogens with one attached hydrogen (secondary N) is 1. The summed E-state index contributed by atoms with van der Waals surface area (Å²) >= 11 is 0. The van der Waals surface area contributed by atoms with Crippen LogP contribution in [0.15, 0.2) is 47.0 Å². The molecule has 1 aliphatic heterocycles. The SMILES string of the molecule is CC(C)c1nc(N=S2(=O)CCCCC2)c2cc3[nH]ncc3cc2c1-c1ccc(F)cc1. The Morgan fingerprint density at radius 2 is 1.81 bits per heavy atom. The van der Waals surface area contributed by atoms with Crippen molar-refractivity contribution in [3.63, 3.8) is 0 Å². The maximum Gasteiger partial charge on any atom is 0.169 e. The van der Waals surface area contributed by atoms with Crippen LogP contribution in [0.5, 0.6) is 0 Å². The Morgan fingerprint density at radius 3 is 2.52 bits per heavy atom. The Labute approximate surface area is 181 Å². The first-order valence-corrected chi connectivity index (χ1v) is 12.6. The first kappa shape index (κ1) is 20.1. The molecule has 5 rings (SSSR count). The first-order chi connectivity index (χ1) is 14.9. The number of hydrogen-bond donors (Lipinski definition) is 1. The predicted molar refractivity (Wildman–Crippen MR) is 125 cm³/mol. The molecule has 5 nitrogen and oxygen atoms in total. The molecule has 31 heavy (non-hydrogen) atoms.